The van der Waals surface area contributed by atoms with Crippen LogP contribution in [0.4, 0.5) is 0 Å². The summed E-state index contributed by atoms with van der Waals surface area (Å²) in [7, 11) is 2.06. The number of imidazole rings is 1. The van der Waals surface area contributed by atoms with Crippen molar-refractivity contribution in [3.63, 3.8) is 0 Å². The molecule has 15 heavy (non-hydrogen) atoms. The fourth-order valence-electron chi connectivity index (χ4n) is 2.09. The minimum absolute atomic E-state index is 0.591. The van der Waals surface area contributed by atoms with Crippen LogP contribution in [0.15, 0.2) is 12.4 Å². The minimum atomic E-state index is 0.591. The molecule has 1 aromatic heterocycles. The van der Waals surface area contributed by atoms with Gasteiger partial charge in [0.15, 0.2) is 0 Å². The van der Waals surface area contributed by atoms with Crippen LogP contribution in [-0.2, 0) is 13.6 Å². The molecule has 0 radical (unpaired) electrons. The standard InChI is InChI=1S/C11H20N4/c1-10-8-15(6-3-4-12-10)9-11-13-5-7-14(11)2/h5,7,10,12H,3-4,6,8-9H2,1-2H3. The number of nitrogens with one attached hydrogen (secondary N) is 1. The summed E-state index contributed by atoms with van der Waals surface area (Å²) in [6.45, 7) is 6.64. The smallest absolute Gasteiger partial charge is 0.122 e. The molecule has 1 fully saturated rings. The maximum absolute atomic E-state index is 4.37. The second-order valence-corrected chi connectivity index (χ2v) is 4.40. The van der Waals surface area contributed by atoms with E-state index >= 15 is 0 Å². The largest absolute Gasteiger partial charge is 0.337 e. The number of nitrogens with zero attached hydrogens (tertiary/aromatic N) is 3. The molecule has 4 nitrogen and oxygen atoms in total. The third-order valence-corrected chi connectivity index (χ3v) is 2.96. The highest BCUT2D eigenvalue weighted by Crippen LogP contribution is 2.05. The molecule has 0 spiro atoms. The number of hydrogen-bond donors (Lipinski definition) is 1. The number of rotatable bonds is 2. The van der Waals surface area contributed by atoms with Crippen molar-refractivity contribution in [2.75, 3.05) is 19.6 Å². The van der Waals surface area contributed by atoms with Crippen LogP contribution in [0.2, 0.25) is 0 Å². The average Bonchev–Trinajstić information content (AvgIpc) is 2.48. The van der Waals surface area contributed by atoms with Crippen molar-refractivity contribution < 1.29 is 0 Å². The van der Waals surface area contributed by atoms with Crippen LogP contribution < -0.4 is 5.32 Å². The molecule has 0 bridgehead atoms. The second kappa shape index (κ2) is 4.77. The Morgan fingerprint density at radius 1 is 1.60 bits per heavy atom. The Kier molecular flexibility index (Phi) is 3.38. The molecule has 0 aliphatic carbocycles. The summed E-state index contributed by atoms with van der Waals surface area (Å²) in [4.78, 5) is 6.85. The molecule has 0 saturated carbocycles. The molecule has 4 heteroatoms. The minimum Gasteiger partial charge on any atom is -0.337 e. The number of aryl methyl sites for hydroxylation is 1. The van der Waals surface area contributed by atoms with E-state index in [1.807, 2.05) is 12.4 Å². The van der Waals surface area contributed by atoms with Gasteiger partial charge in [0.25, 0.3) is 0 Å². The Labute approximate surface area is 91.3 Å². The van der Waals surface area contributed by atoms with E-state index in [0.29, 0.717) is 6.04 Å². The first-order chi connectivity index (χ1) is 7.25. The molecule has 1 saturated heterocycles. The number of hydrogen-bond acceptors (Lipinski definition) is 3. The highest BCUT2D eigenvalue weighted by atomic mass is 15.2. The maximum Gasteiger partial charge on any atom is 0.122 e. The molecular formula is C11H20N4. The zero-order valence-corrected chi connectivity index (χ0v) is 9.61. The van der Waals surface area contributed by atoms with E-state index in [1.165, 1.54) is 13.0 Å². The Hall–Kier alpha value is -0.870. The van der Waals surface area contributed by atoms with Gasteiger partial charge in [-0.15, -0.1) is 0 Å². The highest BCUT2D eigenvalue weighted by Gasteiger charge is 2.15. The fraction of sp³-hybridized carbons (Fsp3) is 0.727. The third kappa shape index (κ3) is 2.79. The van der Waals surface area contributed by atoms with E-state index in [-0.39, 0.29) is 0 Å². The summed E-state index contributed by atoms with van der Waals surface area (Å²) in [6.07, 6.45) is 5.11. The Morgan fingerprint density at radius 2 is 2.47 bits per heavy atom. The van der Waals surface area contributed by atoms with E-state index < -0.39 is 0 Å². The normalized spacial score (nSPS) is 24.0. The molecule has 0 amide bonds. The summed E-state index contributed by atoms with van der Waals surface area (Å²) in [5.74, 6) is 1.16. The van der Waals surface area contributed by atoms with Crippen LogP contribution in [-0.4, -0.2) is 40.1 Å². The van der Waals surface area contributed by atoms with Crippen molar-refractivity contribution >= 4 is 0 Å². The van der Waals surface area contributed by atoms with Crippen LogP contribution in [0, 0.1) is 0 Å². The van der Waals surface area contributed by atoms with Gasteiger partial charge in [0.1, 0.15) is 5.82 Å². The lowest BCUT2D eigenvalue weighted by Gasteiger charge is -2.21. The van der Waals surface area contributed by atoms with Crippen LogP contribution in [0.1, 0.15) is 19.2 Å². The van der Waals surface area contributed by atoms with Gasteiger partial charge in [-0.3, -0.25) is 4.90 Å². The Balaban J connectivity index is 1.96. The van der Waals surface area contributed by atoms with Crippen LogP contribution >= 0.6 is 0 Å². The summed E-state index contributed by atoms with van der Waals surface area (Å²) in [5.41, 5.74) is 0. The molecule has 1 N–H and O–H groups in total. The zero-order chi connectivity index (χ0) is 10.7. The lowest BCUT2D eigenvalue weighted by Crippen LogP contribution is -2.35. The molecule has 2 heterocycles. The highest BCUT2D eigenvalue weighted by molar-refractivity contribution is 4.91. The van der Waals surface area contributed by atoms with Gasteiger partial charge in [-0.2, -0.15) is 0 Å². The first kappa shape index (κ1) is 10.6. The van der Waals surface area contributed by atoms with Crippen LogP contribution in [0.3, 0.4) is 0 Å². The predicted octanol–water partition coefficient (Wildman–Crippen LogP) is 0.604. The van der Waals surface area contributed by atoms with Gasteiger partial charge >= 0.3 is 0 Å². The van der Waals surface area contributed by atoms with E-state index in [2.05, 4.69) is 33.7 Å². The third-order valence-electron chi connectivity index (χ3n) is 2.96. The summed E-state index contributed by atoms with van der Waals surface area (Å²) >= 11 is 0. The predicted molar refractivity (Wildman–Crippen MR) is 60.6 cm³/mol. The van der Waals surface area contributed by atoms with Gasteiger partial charge in [0.05, 0.1) is 6.54 Å². The fourth-order valence-corrected chi connectivity index (χ4v) is 2.09. The molecule has 84 valence electrons. The molecule has 1 unspecified atom stereocenters. The van der Waals surface area contributed by atoms with Crippen molar-refractivity contribution in [1.29, 1.82) is 0 Å². The van der Waals surface area contributed by atoms with Crippen LogP contribution in [0.5, 0.6) is 0 Å². The molecule has 1 aromatic rings. The van der Waals surface area contributed by atoms with Crippen molar-refractivity contribution in [2.45, 2.75) is 25.9 Å². The van der Waals surface area contributed by atoms with Crippen molar-refractivity contribution in [1.82, 2.24) is 19.8 Å². The number of aromatic nitrogens is 2. The van der Waals surface area contributed by atoms with Gasteiger partial charge in [0, 0.05) is 32.0 Å². The summed E-state index contributed by atoms with van der Waals surface area (Å²) in [6, 6.07) is 0.591. The SMILES string of the molecule is CC1CN(Cc2nccn2C)CCCN1. The monoisotopic (exact) mass is 208 g/mol. The summed E-state index contributed by atoms with van der Waals surface area (Å²) in [5, 5.41) is 3.50. The first-order valence-corrected chi connectivity index (χ1v) is 5.67. The van der Waals surface area contributed by atoms with Gasteiger partial charge in [-0.1, -0.05) is 0 Å². The second-order valence-electron chi connectivity index (χ2n) is 4.40. The van der Waals surface area contributed by atoms with E-state index in [4.69, 9.17) is 0 Å². The van der Waals surface area contributed by atoms with Gasteiger partial charge < -0.3 is 9.88 Å². The van der Waals surface area contributed by atoms with Gasteiger partial charge in [0.2, 0.25) is 0 Å². The van der Waals surface area contributed by atoms with Crippen molar-refractivity contribution in [2.24, 2.45) is 7.05 Å². The lowest BCUT2D eigenvalue weighted by molar-refractivity contribution is 0.256. The van der Waals surface area contributed by atoms with Crippen molar-refractivity contribution in [3.8, 4) is 0 Å². The first-order valence-electron chi connectivity index (χ1n) is 5.67. The van der Waals surface area contributed by atoms with E-state index in [1.54, 1.807) is 0 Å². The molecule has 1 aliphatic heterocycles. The lowest BCUT2D eigenvalue weighted by atomic mass is 10.3. The zero-order valence-electron chi connectivity index (χ0n) is 9.61. The van der Waals surface area contributed by atoms with Gasteiger partial charge in [-0.25, -0.2) is 4.98 Å². The Morgan fingerprint density at radius 3 is 3.20 bits per heavy atom. The summed E-state index contributed by atoms with van der Waals surface area (Å²) < 4.78 is 2.10. The van der Waals surface area contributed by atoms with Crippen molar-refractivity contribution in [3.05, 3.63) is 18.2 Å². The Bertz CT molecular complexity index is 307. The topological polar surface area (TPSA) is 33.1 Å². The quantitative estimate of drug-likeness (QED) is 0.773. The molecule has 1 atom stereocenters. The molecule has 2 rings (SSSR count). The molecular weight excluding hydrogens is 188 g/mol. The maximum atomic E-state index is 4.37. The molecule has 1 aliphatic rings. The van der Waals surface area contributed by atoms with E-state index in [9.17, 15) is 0 Å². The van der Waals surface area contributed by atoms with E-state index in [0.717, 1.165) is 25.5 Å². The van der Waals surface area contributed by atoms with Crippen LogP contribution in [0.25, 0.3) is 0 Å². The van der Waals surface area contributed by atoms with Gasteiger partial charge in [-0.05, 0) is 26.4 Å². The molecule has 0 aromatic carbocycles. The average molecular weight is 208 g/mol.